The molecule has 1 amide bonds. The maximum atomic E-state index is 12.8. The predicted molar refractivity (Wildman–Crippen MR) is 97.9 cm³/mol. The Balaban J connectivity index is 1.32. The monoisotopic (exact) mass is 365 g/mol. The van der Waals surface area contributed by atoms with E-state index in [9.17, 15) is 9.90 Å². The smallest absolute Gasteiger partial charge is 0.254 e. The number of aliphatic hydroxyl groups excluding tert-OH is 1. The number of ether oxygens (including phenoxy) is 2. The zero-order valence-corrected chi connectivity index (χ0v) is 14.6. The Kier molecular flexibility index (Phi) is 3.75. The van der Waals surface area contributed by atoms with Crippen LogP contribution in [0, 0.1) is 0 Å². The molecule has 138 valence electrons. The SMILES string of the molecule is O=C(c1ccc2[nH]cnc2c1)N1CCC(c2ccc3c(c2)OCO3)C(O)C1. The number of fused-ring (bicyclic) bond motifs is 2. The van der Waals surface area contributed by atoms with Gasteiger partial charge in [0.25, 0.3) is 5.91 Å². The number of hydrogen-bond acceptors (Lipinski definition) is 5. The third-order valence-corrected chi connectivity index (χ3v) is 5.36. The van der Waals surface area contributed by atoms with Gasteiger partial charge in [-0.05, 0) is 42.3 Å². The van der Waals surface area contributed by atoms with E-state index in [0.29, 0.717) is 30.8 Å². The molecule has 0 spiro atoms. The summed E-state index contributed by atoms with van der Waals surface area (Å²) in [5.41, 5.74) is 3.25. The number of amides is 1. The van der Waals surface area contributed by atoms with Gasteiger partial charge in [-0.15, -0.1) is 0 Å². The molecule has 0 saturated carbocycles. The van der Waals surface area contributed by atoms with E-state index in [1.54, 1.807) is 23.4 Å². The molecule has 2 aromatic carbocycles. The zero-order valence-electron chi connectivity index (χ0n) is 14.6. The number of imidazole rings is 1. The molecule has 7 nitrogen and oxygen atoms in total. The third kappa shape index (κ3) is 2.80. The van der Waals surface area contributed by atoms with Crippen molar-refractivity contribution in [3.05, 3.63) is 53.9 Å². The molecule has 2 atom stereocenters. The van der Waals surface area contributed by atoms with Crippen molar-refractivity contribution in [1.29, 1.82) is 0 Å². The molecule has 0 aliphatic carbocycles. The van der Waals surface area contributed by atoms with Crippen LogP contribution in [0.5, 0.6) is 11.5 Å². The highest BCUT2D eigenvalue weighted by Gasteiger charge is 2.32. The second-order valence-corrected chi connectivity index (χ2v) is 6.96. The molecule has 0 bridgehead atoms. The van der Waals surface area contributed by atoms with Crippen molar-refractivity contribution in [3.63, 3.8) is 0 Å². The fourth-order valence-corrected chi connectivity index (χ4v) is 3.90. The van der Waals surface area contributed by atoms with Crippen molar-refractivity contribution >= 4 is 16.9 Å². The fraction of sp³-hybridized carbons (Fsp3) is 0.300. The molecule has 2 aliphatic heterocycles. The first-order valence-electron chi connectivity index (χ1n) is 8.99. The van der Waals surface area contributed by atoms with E-state index in [4.69, 9.17) is 9.47 Å². The molecule has 1 saturated heterocycles. The summed E-state index contributed by atoms with van der Waals surface area (Å²) in [6.45, 7) is 1.12. The van der Waals surface area contributed by atoms with Gasteiger partial charge in [0.2, 0.25) is 6.79 Å². The van der Waals surface area contributed by atoms with E-state index in [0.717, 1.165) is 22.3 Å². The Labute approximate surface area is 155 Å². The van der Waals surface area contributed by atoms with Crippen molar-refractivity contribution in [1.82, 2.24) is 14.9 Å². The second kappa shape index (κ2) is 6.28. The number of aliphatic hydroxyl groups is 1. The quantitative estimate of drug-likeness (QED) is 0.727. The maximum Gasteiger partial charge on any atom is 0.254 e. The highest BCUT2D eigenvalue weighted by molar-refractivity contribution is 5.97. The normalized spacial score (nSPS) is 21.6. The lowest BCUT2D eigenvalue weighted by Gasteiger charge is -2.36. The van der Waals surface area contributed by atoms with Crippen LogP contribution in [-0.4, -0.2) is 51.9 Å². The van der Waals surface area contributed by atoms with Gasteiger partial charge in [-0.2, -0.15) is 0 Å². The van der Waals surface area contributed by atoms with E-state index >= 15 is 0 Å². The number of aromatic amines is 1. The van der Waals surface area contributed by atoms with Gasteiger partial charge in [0.1, 0.15) is 0 Å². The Hall–Kier alpha value is -3.06. The van der Waals surface area contributed by atoms with Crippen LogP contribution in [0.4, 0.5) is 0 Å². The first-order chi connectivity index (χ1) is 13.2. The topological polar surface area (TPSA) is 87.7 Å². The minimum atomic E-state index is -0.628. The van der Waals surface area contributed by atoms with Crippen LogP contribution >= 0.6 is 0 Å². The minimum absolute atomic E-state index is 0.0302. The maximum absolute atomic E-state index is 12.8. The van der Waals surface area contributed by atoms with E-state index in [2.05, 4.69) is 9.97 Å². The van der Waals surface area contributed by atoms with E-state index in [1.807, 2.05) is 24.3 Å². The van der Waals surface area contributed by atoms with Crippen LogP contribution in [0.1, 0.15) is 28.3 Å². The summed E-state index contributed by atoms with van der Waals surface area (Å²) in [5, 5.41) is 10.7. The van der Waals surface area contributed by atoms with Crippen LogP contribution < -0.4 is 9.47 Å². The Morgan fingerprint density at radius 1 is 1.19 bits per heavy atom. The molecule has 2 N–H and O–H groups in total. The lowest BCUT2D eigenvalue weighted by Crippen LogP contribution is -2.45. The molecule has 3 aromatic rings. The summed E-state index contributed by atoms with van der Waals surface area (Å²) in [6, 6.07) is 11.2. The van der Waals surface area contributed by atoms with Crippen molar-refractivity contribution in [2.75, 3.05) is 19.9 Å². The summed E-state index contributed by atoms with van der Waals surface area (Å²) in [6.07, 6.45) is 1.67. The van der Waals surface area contributed by atoms with Gasteiger partial charge in [0, 0.05) is 24.6 Å². The van der Waals surface area contributed by atoms with Crippen molar-refractivity contribution < 1.29 is 19.4 Å². The van der Waals surface area contributed by atoms with Gasteiger partial charge in [0.05, 0.1) is 23.5 Å². The van der Waals surface area contributed by atoms with Crippen LogP contribution in [0.3, 0.4) is 0 Å². The molecular formula is C20H19N3O4. The number of β-amino-alcohol motifs (C(OH)–C–C–N with tert-alkyl or cyclic N) is 1. The van der Waals surface area contributed by atoms with Crippen LogP contribution in [-0.2, 0) is 0 Å². The molecule has 7 heteroatoms. The van der Waals surface area contributed by atoms with Crippen molar-refractivity contribution in [3.8, 4) is 11.5 Å². The number of carbonyl (C=O) groups is 1. The number of likely N-dealkylation sites (tertiary alicyclic amines) is 1. The number of aromatic nitrogens is 2. The summed E-state index contributed by atoms with van der Waals surface area (Å²) in [4.78, 5) is 21.8. The lowest BCUT2D eigenvalue weighted by molar-refractivity contribution is 0.0382. The molecule has 2 aliphatic rings. The standard InChI is InChI=1S/C20H19N3O4/c24-17-9-23(20(25)13-1-3-15-16(7-13)22-10-21-15)6-5-14(17)12-2-4-18-19(8-12)27-11-26-18/h1-4,7-8,10,14,17,24H,5-6,9,11H2,(H,21,22). The molecule has 3 heterocycles. The fourth-order valence-electron chi connectivity index (χ4n) is 3.90. The molecule has 2 unspecified atom stereocenters. The largest absolute Gasteiger partial charge is 0.454 e. The molecular weight excluding hydrogens is 346 g/mol. The zero-order chi connectivity index (χ0) is 18.4. The number of carbonyl (C=O) groups excluding carboxylic acids is 1. The minimum Gasteiger partial charge on any atom is -0.454 e. The van der Waals surface area contributed by atoms with Gasteiger partial charge >= 0.3 is 0 Å². The highest BCUT2D eigenvalue weighted by Crippen LogP contribution is 2.37. The van der Waals surface area contributed by atoms with Crippen LogP contribution in [0.15, 0.2) is 42.7 Å². The number of H-pyrrole nitrogens is 1. The Morgan fingerprint density at radius 2 is 2.07 bits per heavy atom. The molecule has 5 rings (SSSR count). The van der Waals surface area contributed by atoms with Gasteiger partial charge in [-0.1, -0.05) is 6.07 Å². The van der Waals surface area contributed by atoms with Gasteiger partial charge in [-0.25, -0.2) is 4.98 Å². The number of piperidine rings is 1. The second-order valence-electron chi connectivity index (χ2n) is 6.96. The Morgan fingerprint density at radius 3 is 2.96 bits per heavy atom. The number of benzene rings is 2. The summed E-state index contributed by atoms with van der Waals surface area (Å²) in [7, 11) is 0. The first-order valence-corrected chi connectivity index (χ1v) is 8.99. The predicted octanol–water partition coefficient (Wildman–Crippen LogP) is 2.28. The molecule has 0 radical (unpaired) electrons. The molecule has 27 heavy (non-hydrogen) atoms. The molecule has 1 fully saturated rings. The summed E-state index contributed by atoms with van der Waals surface area (Å²) >= 11 is 0. The van der Waals surface area contributed by atoms with E-state index < -0.39 is 6.10 Å². The highest BCUT2D eigenvalue weighted by atomic mass is 16.7. The number of nitrogens with one attached hydrogen (secondary N) is 1. The Bertz CT molecular complexity index is 1020. The van der Waals surface area contributed by atoms with E-state index in [-0.39, 0.29) is 18.6 Å². The average Bonchev–Trinajstić information content (AvgIpc) is 3.35. The van der Waals surface area contributed by atoms with E-state index in [1.165, 1.54) is 0 Å². The van der Waals surface area contributed by atoms with Gasteiger partial charge in [-0.3, -0.25) is 4.79 Å². The number of rotatable bonds is 2. The van der Waals surface area contributed by atoms with Crippen LogP contribution in [0.25, 0.3) is 11.0 Å². The summed E-state index contributed by atoms with van der Waals surface area (Å²) < 4.78 is 10.8. The lowest BCUT2D eigenvalue weighted by atomic mass is 9.86. The van der Waals surface area contributed by atoms with Gasteiger partial charge < -0.3 is 24.5 Å². The third-order valence-electron chi connectivity index (χ3n) is 5.36. The molecule has 1 aromatic heterocycles. The average molecular weight is 365 g/mol. The van der Waals surface area contributed by atoms with Gasteiger partial charge in [0.15, 0.2) is 11.5 Å². The number of nitrogens with zero attached hydrogens (tertiary/aromatic N) is 2. The van der Waals surface area contributed by atoms with Crippen molar-refractivity contribution in [2.24, 2.45) is 0 Å². The van der Waals surface area contributed by atoms with Crippen LogP contribution in [0.2, 0.25) is 0 Å². The summed E-state index contributed by atoms with van der Waals surface area (Å²) in [5.74, 6) is 1.33. The number of hydrogen-bond donors (Lipinski definition) is 2. The van der Waals surface area contributed by atoms with Crippen molar-refractivity contribution in [2.45, 2.75) is 18.4 Å². The first kappa shape index (κ1) is 16.1.